The van der Waals surface area contributed by atoms with E-state index in [4.69, 9.17) is 21.7 Å². The third kappa shape index (κ3) is 2.49. The molecule has 1 aliphatic rings. The Balaban J connectivity index is 2.15. The highest BCUT2D eigenvalue weighted by Gasteiger charge is 2.24. The third-order valence-corrected chi connectivity index (χ3v) is 2.40. The lowest BCUT2D eigenvalue weighted by Crippen LogP contribution is -2.51. The smallest absolute Gasteiger partial charge is 0.174 e. The van der Waals surface area contributed by atoms with Gasteiger partial charge in [-0.2, -0.15) is 0 Å². The molecule has 1 atom stereocenters. The normalized spacial score (nSPS) is 21.3. The van der Waals surface area contributed by atoms with E-state index in [1.807, 2.05) is 0 Å². The van der Waals surface area contributed by atoms with Gasteiger partial charge in [-0.1, -0.05) is 12.2 Å². The molecule has 2 rings (SSSR count). The van der Waals surface area contributed by atoms with Gasteiger partial charge in [0.05, 0.1) is 19.8 Å². The molecule has 82 valence electrons. The molecule has 0 aliphatic carbocycles. The van der Waals surface area contributed by atoms with Crippen LogP contribution in [-0.2, 0) is 9.47 Å². The lowest BCUT2D eigenvalue weighted by Gasteiger charge is -2.34. The van der Waals surface area contributed by atoms with Crippen molar-refractivity contribution in [1.29, 1.82) is 0 Å². The summed E-state index contributed by atoms with van der Waals surface area (Å²) in [5.41, 5.74) is 0. The van der Waals surface area contributed by atoms with Gasteiger partial charge < -0.3 is 9.47 Å². The Kier molecular flexibility index (Phi) is 3.57. The van der Waals surface area contributed by atoms with E-state index < -0.39 is 0 Å². The molecule has 15 heavy (non-hydrogen) atoms. The number of aromatic nitrogens is 2. The molecular formula is C8H11N3O2S2. The number of thiocarbonyl (C=S) groups is 1. The molecule has 1 aliphatic heterocycles. The number of nitrogens with zero attached hydrogens (tertiary/aromatic N) is 3. The molecule has 1 saturated heterocycles. The van der Waals surface area contributed by atoms with Gasteiger partial charge >= 0.3 is 0 Å². The SMILES string of the molecule is S=C(S)N(C1COCCO1)n1ccnc1. The van der Waals surface area contributed by atoms with Crippen molar-refractivity contribution in [1.82, 2.24) is 9.66 Å². The highest BCUT2D eigenvalue weighted by atomic mass is 32.1. The summed E-state index contributed by atoms with van der Waals surface area (Å²) < 4.78 is 13.0. The Morgan fingerprint density at radius 3 is 3.00 bits per heavy atom. The second-order valence-corrected chi connectivity index (χ2v) is 4.08. The van der Waals surface area contributed by atoms with Gasteiger partial charge in [-0.3, -0.25) is 0 Å². The van der Waals surface area contributed by atoms with Crippen molar-refractivity contribution in [2.45, 2.75) is 6.23 Å². The van der Waals surface area contributed by atoms with Gasteiger partial charge in [-0.15, -0.1) is 12.6 Å². The van der Waals surface area contributed by atoms with Gasteiger partial charge in [-0.25, -0.2) is 14.7 Å². The highest BCUT2D eigenvalue weighted by molar-refractivity contribution is 8.11. The monoisotopic (exact) mass is 245 g/mol. The summed E-state index contributed by atoms with van der Waals surface area (Å²) >= 11 is 9.21. The molecule has 0 bridgehead atoms. The van der Waals surface area contributed by atoms with E-state index in [1.54, 1.807) is 28.4 Å². The van der Waals surface area contributed by atoms with Crippen LogP contribution in [0.15, 0.2) is 18.7 Å². The standard InChI is InChI=1S/C8H11N3O2S2/c14-8(15)11(10-2-1-9-6-10)7-5-12-3-4-13-7/h1-2,6-7H,3-5H2,(H,14,15). The first kappa shape index (κ1) is 10.9. The molecule has 1 aromatic heterocycles. The van der Waals surface area contributed by atoms with E-state index in [0.29, 0.717) is 24.1 Å². The lowest BCUT2D eigenvalue weighted by atomic mass is 10.5. The summed E-state index contributed by atoms with van der Waals surface area (Å²) in [6.45, 7) is 1.65. The summed E-state index contributed by atoms with van der Waals surface area (Å²) in [5, 5.41) is 1.71. The zero-order valence-electron chi connectivity index (χ0n) is 7.94. The van der Waals surface area contributed by atoms with Gasteiger partial charge in [-0.05, 0) is 0 Å². The predicted molar refractivity (Wildman–Crippen MR) is 62.6 cm³/mol. The van der Waals surface area contributed by atoms with Crippen LogP contribution >= 0.6 is 24.8 Å². The van der Waals surface area contributed by atoms with Crippen molar-refractivity contribution in [3.8, 4) is 0 Å². The van der Waals surface area contributed by atoms with Crippen LogP contribution in [0.25, 0.3) is 0 Å². The van der Waals surface area contributed by atoms with E-state index in [0.717, 1.165) is 0 Å². The van der Waals surface area contributed by atoms with E-state index in [-0.39, 0.29) is 6.23 Å². The van der Waals surface area contributed by atoms with Crippen molar-refractivity contribution in [2.75, 3.05) is 24.8 Å². The average molecular weight is 245 g/mol. The number of hydrogen-bond acceptors (Lipinski definition) is 4. The van der Waals surface area contributed by atoms with E-state index in [9.17, 15) is 0 Å². The van der Waals surface area contributed by atoms with Crippen LogP contribution in [0.4, 0.5) is 0 Å². The minimum absolute atomic E-state index is 0.238. The molecule has 0 spiro atoms. The van der Waals surface area contributed by atoms with Crippen LogP contribution in [0.3, 0.4) is 0 Å². The van der Waals surface area contributed by atoms with Crippen molar-refractivity contribution >= 4 is 29.2 Å². The van der Waals surface area contributed by atoms with Gasteiger partial charge in [0.2, 0.25) is 0 Å². The summed E-state index contributed by atoms with van der Waals surface area (Å²) in [7, 11) is 0. The predicted octanol–water partition coefficient (Wildman–Crippen LogP) is 0.409. The minimum Gasteiger partial charge on any atom is -0.374 e. The van der Waals surface area contributed by atoms with Crippen molar-refractivity contribution in [3.05, 3.63) is 18.7 Å². The summed E-state index contributed by atoms with van der Waals surface area (Å²) in [4.78, 5) is 3.95. The molecule has 0 amide bonds. The first-order chi connectivity index (χ1) is 7.29. The maximum absolute atomic E-state index is 5.54. The van der Waals surface area contributed by atoms with Gasteiger partial charge in [0, 0.05) is 12.4 Å². The zero-order chi connectivity index (χ0) is 10.7. The number of hydrogen-bond donors (Lipinski definition) is 1. The molecule has 1 fully saturated rings. The Bertz CT molecular complexity index is 325. The fourth-order valence-corrected chi connectivity index (χ4v) is 1.81. The Labute approximate surface area is 98.4 Å². The summed E-state index contributed by atoms with van der Waals surface area (Å²) in [5.74, 6) is 0. The van der Waals surface area contributed by atoms with Crippen LogP contribution in [0.1, 0.15) is 0 Å². The summed E-state index contributed by atoms with van der Waals surface area (Å²) in [6, 6.07) is 0. The molecule has 0 N–H and O–H groups in total. The first-order valence-electron chi connectivity index (χ1n) is 4.49. The average Bonchev–Trinajstić information content (AvgIpc) is 2.72. The molecule has 5 nitrogen and oxygen atoms in total. The molecule has 0 radical (unpaired) electrons. The lowest BCUT2D eigenvalue weighted by molar-refractivity contribution is -0.0897. The Morgan fingerprint density at radius 1 is 1.60 bits per heavy atom. The maximum atomic E-state index is 5.54. The quantitative estimate of drug-likeness (QED) is 0.603. The van der Waals surface area contributed by atoms with E-state index in [1.165, 1.54) is 0 Å². The van der Waals surface area contributed by atoms with Gasteiger partial charge in [0.1, 0.15) is 6.33 Å². The topological polar surface area (TPSA) is 39.5 Å². The fourth-order valence-electron chi connectivity index (χ4n) is 1.37. The largest absolute Gasteiger partial charge is 0.374 e. The van der Waals surface area contributed by atoms with Crippen molar-refractivity contribution < 1.29 is 9.47 Å². The van der Waals surface area contributed by atoms with Crippen LogP contribution in [-0.4, -0.2) is 40.0 Å². The van der Waals surface area contributed by atoms with Gasteiger partial charge in [0.25, 0.3) is 0 Å². The molecule has 2 heterocycles. The number of thiol groups is 1. The molecule has 7 heteroatoms. The fraction of sp³-hybridized carbons (Fsp3) is 0.500. The highest BCUT2D eigenvalue weighted by Crippen LogP contribution is 2.09. The van der Waals surface area contributed by atoms with E-state index in [2.05, 4.69) is 17.6 Å². The second kappa shape index (κ2) is 4.93. The number of ether oxygens (including phenoxy) is 2. The number of imidazole rings is 1. The van der Waals surface area contributed by atoms with Crippen LogP contribution in [0.2, 0.25) is 0 Å². The van der Waals surface area contributed by atoms with Crippen LogP contribution in [0.5, 0.6) is 0 Å². The molecule has 0 saturated carbocycles. The zero-order valence-corrected chi connectivity index (χ0v) is 9.66. The maximum Gasteiger partial charge on any atom is 0.174 e. The van der Waals surface area contributed by atoms with Crippen LogP contribution < -0.4 is 5.01 Å². The van der Waals surface area contributed by atoms with Crippen molar-refractivity contribution in [3.63, 3.8) is 0 Å². The van der Waals surface area contributed by atoms with Gasteiger partial charge in [0.15, 0.2) is 10.5 Å². The number of rotatable bonds is 2. The Hall–Kier alpha value is -0.630. The van der Waals surface area contributed by atoms with E-state index >= 15 is 0 Å². The van der Waals surface area contributed by atoms with Crippen molar-refractivity contribution in [2.24, 2.45) is 0 Å². The summed E-state index contributed by atoms with van der Waals surface area (Å²) in [6.07, 6.45) is 4.85. The third-order valence-electron chi connectivity index (χ3n) is 2.01. The second-order valence-electron chi connectivity index (χ2n) is 2.97. The molecule has 1 unspecified atom stereocenters. The molecular weight excluding hydrogens is 234 g/mol. The molecule has 0 aromatic carbocycles. The minimum atomic E-state index is -0.238. The van der Waals surface area contributed by atoms with Crippen LogP contribution in [0, 0.1) is 0 Å². The Morgan fingerprint density at radius 2 is 2.47 bits per heavy atom. The molecule has 1 aromatic rings. The first-order valence-corrected chi connectivity index (χ1v) is 5.34.